The van der Waals surface area contributed by atoms with Crippen molar-refractivity contribution in [1.29, 1.82) is 0 Å². The lowest BCUT2D eigenvalue weighted by Crippen LogP contribution is -2.22. The number of hydrogen-bond acceptors (Lipinski definition) is 4. The standard InChI is InChI=1S/C5H11NO3/c1-3-4-6(8)9-5(2)7/h8H,3-4H2,1-2H3. The first kappa shape index (κ1) is 8.39. The van der Waals surface area contributed by atoms with Crippen LogP contribution in [0.2, 0.25) is 0 Å². The Morgan fingerprint density at radius 3 is 2.67 bits per heavy atom. The molecule has 9 heavy (non-hydrogen) atoms. The predicted octanol–water partition coefficient (Wildman–Crippen LogP) is 0.566. The van der Waals surface area contributed by atoms with Gasteiger partial charge in [-0.15, -0.1) is 0 Å². The van der Waals surface area contributed by atoms with Crippen molar-refractivity contribution >= 4 is 5.97 Å². The molecule has 0 aliphatic rings. The summed E-state index contributed by atoms with van der Waals surface area (Å²) in [5.41, 5.74) is 0. The largest absolute Gasteiger partial charge is 0.343 e. The van der Waals surface area contributed by atoms with Crippen LogP contribution in [0, 0.1) is 0 Å². The van der Waals surface area contributed by atoms with Crippen molar-refractivity contribution in [2.75, 3.05) is 6.54 Å². The molecule has 0 aliphatic carbocycles. The maximum Gasteiger partial charge on any atom is 0.325 e. The summed E-state index contributed by atoms with van der Waals surface area (Å²) in [5.74, 6) is -0.508. The van der Waals surface area contributed by atoms with Crippen molar-refractivity contribution in [2.45, 2.75) is 20.3 Å². The molecule has 0 amide bonds. The van der Waals surface area contributed by atoms with Gasteiger partial charge in [0.25, 0.3) is 0 Å². The van der Waals surface area contributed by atoms with E-state index in [1.807, 2.05) is 6.92 Å². The van der Waals surface area contributed by atoms with Gasteiger partial charge in [0.2, 0.25) is 0 Å². The van der Waals surface area contributed by atoms with Crippen molar-refractivity contribution in [3.63, 3.8) is 0 Å². The van der Waals surface area contributed by atoms with Crippen LogP contribution in [0.5, 0.6) is 0 Å². The maximum absolute atomic E-state index is 10.1. The van der Waals surface area contributed by atoms with E-state index in [1.54, 1.807) is 0 Å². The fourth-order valence-corrected chi connectivity index (χ4v) is 0.385. The van der Waals surface area contributed by atoms with Gasteiger partial charge in [0.15, 0.2) is 0 Å². The molecule has 0 aromatic rings. The molecule has 0 rings (SSSR count). The van der Waals surface area contributed by atoms with E-state index in [2.05, 4.69) is 4.84 Å². The molecule has 0 heterocycles. The molecule has 0 atom stereocenters. The summed E-state index contributed by atoms with van der Waals surface area (Å²) >= 11 is 0. The van der Waals surface area contributed by atoms with E-state index in [1.165, 1.54) is 6.92 Å². The third-order valence-corrected chi connectivity index (χ3v) is 0.649. The van der Waals surface area contributed by atoms with Gasteiger partial charge in [-0.3, -0.25) is 10.0 Å². The third-order valence-electron chi connectivity index (χ3n) is 0.649. The van der Waals surface area contributed by atoms with Crippen LogP contribution in [0.15, 0.2) is 0 Å². The molecule has 0 unspecified atom stereocenters. The van der Waals surface area contributed by atoms with Crippen LogP contribution >= 0.6 is 0 Å². The van der Waals surface area contributed by atoms with Crippen LogP contribution in [-0.4, -0.2) is 22.9 Å². The number of carbonyl (C=O) groups excluding carboxylic acids is 1. The molecule has 0 fully saturated rings. The monoisotopic (exact) mass is 133 g/mol. The van der Waals surface area contributed by atoms with E-state index >= 15 is 0 Å². The van der Waals surface area contributed by atoms with Crippen LogP contribution in [0.1, 0.15) is 20.3 Å². The highest BCUT2D eigenvalue weighted by Crippen LogP contribution is 1.86. The highest BCUT2D eigenvalue weighted by molar-refractivity contribution is 5.65. The molecular weight excluding hydrogens is 122 g/mol. The molecule has 0 aromatic carbocycles. The number of nitrogens with zero attached hydrogens (tertiary/aromatic N) is 1. The van der Waals surface area contributed by atoms with Crippen LogP contribution in [-0.2, 0) is 9.63 Å². The quantitative estimate of drug-likeness (QED) is 0.572. The van der Waals surface area contributed by atoms with Gasteiger partial charge in [-0.05, 0) is 11.6 Å². The highest BCUT2D eigenvalue weighted by atomic mass is 16.9. The summed E-state index contributed by atoms with van der Waals surface area (Å²) in [5, 5.41) is 9.14. The van der Waals surface area contributed by atoms with Gasteiger partial charge in [-0.2, -0.15) is 0 Å². The molecule has 0 aromatic heterocycles. The van der Waals surface area contributed by atoms with Crippen molar-refractivity contribution in [3.05, 3.63) is 0 Å². The Morgan fingerprint density at radius 2 is 2.33 bits per heavy atom. The van der Waals surface area contributed by atoms with E-state index in [0.717, 1.165) is 6.42 Å². The Bertz CT molecular complexity index is 94.2. The molecule has 0 spiro atoms. The second-order valence-corrected chi connectivity index (χ2v) is 1.66. The van der Waals surface area contributed by atoms with Gasteiger partial charge in [-0.25, -0.2) is 0 Å². The van der Waals surface area contributed by atoms with Gasteiger partial charge in [0, 0.05) is 6.92 Å². The lowest BCUT2D eigenvalue weighted by molar-refractivity contribution is -0.315. The molecule has 0 aliphatic heterocycles. The van der Waals surface area contributed by atoms with Crippen LogP contribution in [0.4, 0.5) is 0 Å². The topological polar surface area (TPSA) is 49.8 Å². The molecule has 0 saturated heterocycles. The Morgan fingerprint density at radius 1 is 1.78 bits per heavy atom. The van der Waals surface area contributed by atoms with Crippen LogP contribution < -0.4 is 0 Å². The molecular formula is C5H11NO3. The fraction of sp³-hybridized carbons (Fsp3) is 0.800. The summed E-state index contributed by atoms with van der Waals surface area (Å²) in [6.45, 7) is 3.45. The summed E-state index contributed by atoms with van der Waals surface area (Å²) in [4.78, 5) is 14.3. The zero-order valence-electron chi connectivity index (χ0n) is 5.63. The number of carbonyl (C=O) groups is 1. The Labute approximate surface area is 53.9 Å². The summed E-state index contributed by atoms with van der Waals surface area (Å²) in [6.07, 6.45) is 0.740. The number of rotatable bonds is 3. The fourth-order valence-electron chi connectivity index (χ4n) is 0.385. The van der Waals surface area contributed by atoms with Crippen molar-refractivity contribution in [3.8, 4) is 0 Å². The highest BCUT2D eigenvalue weighted by Gasteiger charge is 2.00. The summed E-state index contributed by atoms with van der Waals surface area (Å²) in [6, 6.07) is 0. The number of hydroxylamine groups is 2. The lowest BCUT2D eigenvalue weighted by atomic mass is 10.5. The SMILES string of the molecule is CCCN(O)OC(C)=O. The second-order valence-electron chi connectivity index (χ2n) is 1.66. The average molecular weight is 133 g/mol. The van der Waals surface area contributed by atoms with Gasteiger partial charge < -0.3 is 4.84 Å². The van der Waals surface area contributed by atoms with E-state index in [4.69, 9.17) is 5.21 Å². The minimum atomic E-state index is -0.508. The minimum absolute atomic E-state index is 0.347. The summed E-state index contributed by atoms with van der Waals surface area (Å²) in [7, 11) is 0. The summed E-state index contributed by atoms with van der Waals surface area (Å²) < 4.78 is 0. The van der Waals surface area contributed by atoms with E-state index in [-0.39, 0.29) is 0 Å². The average Bonchev–Trinajstić information content (AvgIpc) is 1.63. The Kier molecular flexibility index (Phi) is 4.00. The van der Waals surface area contributed by atoms with E-state index < -0.39 is 5.97 Å². The van der Waals surface area contributed by atoms with Gasteiger partial charge in [0.05, 0.1) is 6.54 Å². The van der Waals surface area contributed by atoms with E-state index in [0.29, 0.717) is 11.8 Å². The zero-order valence-corrected chi connectivity index (χ0v) is 5.63. The van der Waals surface area contributed by atoms with Crippen molar-refractivity contribution in [1.82, 2.24) is 5.23 Å². The molecule has 1 N–H and O–H groups in total. The normalized spacial score (nSPS) is 9.78. The van der Waals surface area contributed by atoms with Crippen LogP contribution in [0.25, 0.3) is 0 Å². The Balaban J connectivity index is 3.26. The molecule has 0 radical (unpaired) electrons. The number of hydrogen-bond donors (Lipinski definition) is 1. The van der Waals surface area contributed by atoms with Gasteiger partial charge in [-0.1, -0.05) is 6.92 Å². The molecule has 0 bridgehead atoms. The molecule has 0 saturated carbocycles. The predicted molar refractivity (Wildman–Crippen MR) is 30.5 cm³/mol. The third kappa shape index (κ3) is 5.26. The first-order valence-electron chi connectivity index (χ1n) is 2.81. The smallest absolute Gasteiger partial charge is 0.325 e. The first-order valence-corrected chi connectivity index (χ1v) is 2.81. The first-order chi connectivity index (χ1) is 4.16. The van der Waals surface area contributed by atoms with Crippen molar-refractivity contribution < 1.29 is 14.8 Å². The minimum Gasteiger partial charge on any atom is -0.343 e. The van der Waals surface area contributed by atoms with Crippen LogP contribution in [0.3, 0.4) is 0 Å². The Hall–Kier alpha value is -0.610. The van der Waals surface area contributed by atoms with Gasteiger partial charge in [0.1, 0.15) is 0 Å². The molecule has 54 valence electrons. The van der Waals surface area contributed by atoms with Gasteiger partial charge >= 0.3 is 5.97 Å². The second kappa shape index (κ2) is 4.29. The molecule has 4 heteroatoms. The van der Waals surface area contributed by atoms with Crippen molar-refractivity contribution in [2.24, 2.45) is 0 Å². The zero-order chi connectivity index (χ0) is 7.28. The lowest BCUT2D eigenvalue weighted by Gasteiger charge is -2.09. The maximum atomic E-state index is 10.1. The molecule has 4 nitrogen and oxygen atoms in total. The van der Waals surface area contributed by atoms with E-state index in [9.17, 15) is 4.79 Å².